The molecule has 0 radical (unpaired) electrons. The SMILES string of the molecule is CC(C)(C)OC(O)C=Cc1ccc(C(=C(CCCl)c2ccccc2)c2ccccc2)cc1. The number of ether oxygens (including phenoxy) is 1. The van der Waals surface area contributed by atoms with Crippen LogP contribution in [0.4, 0.5) is 0 Å². The zero-order chi connectivity index (χ0) is 23.0. The zero-order valence-electron chi connectivity index (χ0n) is 19.0. The van der Waals surface area contributed by atoms with Crippen molar-refractivity contribution in [3.8, 4) is 0 Å². The fourth-order valence-electron chi connectivity index (χ4n) is 3.62. The van der Waals surface area contributed by atoms with Gasteiger partial charge < -0.3 is 9.84 Å². The summed E-state index contributed by atoms with van der Waals surface area (Å²) < 4.78 is 5.54. The quantitative estimate of drug-likeness (QED) is 0.221. The Labute approximate surface area is 196 Å². The highest BCUT2D eigenvalue weighted by molar-refractivity contribution is 6.18. The first-order valence-electron chi connectivity index (χ1n) is 10.9. The summed E-state index contributed by atoms with van der Waals surface area (Å²) in [5, 5.41) is 10.1. The summed E-state index contributed by atoms with van der Waals surface area (Å²) in [6.45, 7) is 5.75. The Bertz CT molecular complexity index is 1030. The maximum Gasteiger partial charge on any atom is 0.175 e. The first-order valence-corrected chi connectivity index (χ1v) is 11.5. The fraction of sp³-hybridized carbons (Fsp3) is 0.241. The van der Waals surface area contributed by atoms with Crippen LogP contribution in [0.25, 0.3) is 17.2 Å². The summed E-state index contributed by atoms with van der Waals surface area (Å²) in [7, 11) is 0. The number of allylic oxidation sites excluding steroid dienone is 1. The van der Waals surface area contributed by atoms with E-state index in [2.05, 4.69) is 72.8 Å². The molecule has 3 aromatic carbocycles. The molecule has 1 unspecified atom stereocenters. The summed E-state index contributed by atoms with van der Waals surface area (Å²) >= 11 is 6.23. The minimum atomic E-state index is -0.942. The largest absolute Gasteiger partial charge is 0.365 e. The van der Waals surface area contributed by atoms with Crippen molar-refractivity contribution in [1.29, 1.82) is 0 Å². The van der Waals surface area contributed by atoms with Crippen LogP contribution in [0, 0.1) is 0 Å². The standard InChI is InChI=1S/C29H31ClO2/c1-29(2,3)32-27(31)19-16-22-14-17-25(18-15-22)28(24-12-8-5-9-13-24)26(20-21-30)23-10-6-4-7-11-23/h4-19,27,31H,20-21H2,1-3H3. The first-order chi connectivity index (χ1) is 15.4. The van der Waals surface area contributed by atoms with Gasteiger partial charge in [-0.15, -0.1) is 11.6 Å². The van der Waals surface area contributed by atoms with Crippen molar-refractivity contribution in [2.24, 2.45) is 0 Å². The lowest BCUT2D eigenvalue weighted by molar-refractivity contribution is -0.137. The van der Waals surface area contributed by atoms with E-state index in [4.69, 9.17) is 16.3 Å². The Balaban J connectivity index is 2.00. The maximum atomic E-state index is 10.1. The van der Waals surface area contributed by atoms with Gasteiger partial charge in [0, 0.05) is 5.88 Å². The lowest BCUT2D eigenvalue weighted by atomic mass is 9.88. The summed E-state index contributed by atoms with van der Waals surface area (Å²) in [6, 6.07) is 29.2. The molecule has 1 N–H and O–H groups in total. The minimum Gasteiger partial charge on any atom is -0.365 e. The molecular formula is C29H31ClO2. The predicted octanol–water partition coefficient (Wildman–Crippen LogP) is 7.42. The molecule has 3 aromatic rings. The average Bonchev–Trinajstić information content (AvgIpc) is 2.78. The van der Waals surface area contributed by atoms with Crippen molar-refractivity contribution in [3.05, 3.63) is 113 Å². The van der Waals surface area contributed by atoms with Crippen molar-refractivity contribution in [2.45, 2.75) is 39.1 Å². The molecule has 2 nitrogen and oxygen atoms in total. The molecule has 0 aliphatic carbocycles. The van der Waals surface area contributed by atoms with Gasteiger partial charge in [-0.2, -0.15) is 0 Å². The van der Waals surface area contributed by atoms with Gasteiger partial charge >= 0.3 is 0 Å². The molecule has 0 aliphatic rings. The second kappa shape index (κ2) is 11.3. The van der Waals surface area contributed by atoms with Crippen LogP contribution in [0.2, 0.25) is 0 Å². The molecule has 3 rings (SSSR count). The number of benzene rings is 3. The lowest BCUT2D eigenvalue weighted by Crippen LogP contribution is -2.25. The molecule has 3 heteroatoms. The van der Waals surface area contributed by atoms with E-state index in [1.165, 1.54) is 16.7 Å². The summed E-state index contributed by atoms with van der Waals surface area (Å²) in [4.78, 5) is 0. The number of aliphatic hydroxyl groups is 1. The van der Waals surface area contributed by atoms with Crippen LogP contribution in [0.5, 0.6) is 0 Å². The van der Waals surface area contributed by atoms with E-state index in [9.17, 15) is 5.11 Å². The maximum absolute atomic E-state index is 10.1. The molecule has 0 saturated carbocycles. The Morgan fingerprint density at radius 1 is 0.844 bits per heavy atom. The zero-order valence-corrected chi connectivity index (χ0v) is 19.7. The van der Waals surface area contributed by atoms with Crippen LogP contribution < -0.4 is 0 Å². The Kier molecular flexibility index (Phi) is 8.46. The van der Waals surface area contributed by atoms with Crippen LogP contribution in [0.15, 0.2) is 91.0 Å². The number of rotatable bonds is 8. The molecule has 0 spiro atoms. The van der Waals surface area contributed by atoms with Gasteiger partial charge in [-0.3, -0.25) is 0 Å². The Morgan fingerprint density at radius 2 is 1.38 bits per heavy atom. The lowest BCUT2D eigenvalue weighted by Gasteiger charge is -2.21. The van der Waals surface area contributed by atoms with E-state index in [0.29, 0.717) is 5.88 Å². The summed E-state index contributed by atoms with van der Waals surface area (Å²) in [5.41, 5.74) is 6.47. The third kappa shape index (κ3) is 6.93. The normalized spacial score (nSPS) is 13.8. The third-order valence-electron chi connectivity index (χ3n) is 4.96. The molecule has 0 bridgehead atoms. The molecule has 0 heterocycles. The van der Waals surface area contributed by atoms with Crippen molar-refractivity contribution < 1.29 is 9.84 Å². The monoisotopic (exact) mass is 446 g/mol. The highest BCUT2D eigenvalue weighted by Crippen LogP contribution is 2.34. The average molecular weight is 447 g/mol. The van der Waals surface area contributed by atoms with Gasteiger partial charge in [-0.1, -0.05) is 91.0 Å². The molecule has 0 amide bonds. The third-order valence-corrected chi connectivity index (χ3v) is 5.15. The van der Waals surface area contributed by atoms with Gasteiger partial charge in [-0.05, 0) is 66.7 Å². The highest BCUT2D eigenvalue weighted by Gasteiger charge is 2.15. The molecule has 1 atom stereocenters. The number of halogens is 1. The fourth-order valence-corrected chi connectivity index (χ4v) is 3.81. The molecular weight excluding hydrogens is 416 g/mol. The van der Waals surface area contributed by atoms with Crippen molar-refractivity contribution >= 4 is 28.8 Å². The Morgan fingerprint density at radius 3 is 1.91 bits per heavy atom. The second-order valence-electron chi connectivity index (χ2n) is 8.63. The van der Waals surface area contributed by atoms with Crippen LogP contribution in [0.3, 0.4) is 0 Å². The van der Waals surface area contributed by atoms with Crippen LogP contribution in [-0.4, -0.2) is 22.9 Å². The molecule has 0 saturated heterocycles. The van der Waals surface area contributed by atoms with Crippen molar-refractivity contribution in [3.63, 3.8) is 0 Å². The van der Waals surface area contributed by atoms with Gasteiger partial charge in [0.15, 0.2) is 6.29 Å². The van der Waals surface area contributed by atoms with Crippen LogP contribution in [0.1, 0.15) is 49.4 Å². The number of alkyl halides is 1. The number of aliphatic hydroxyl groups excluding tert-OH is 1. The first kappa shape index (κ1) is 24.0. The molecule has 32 heavy (non-hydrogen) atoms. The predicted molar refractivity (Wildman–Crippen MR) is 136 cm³/mol. The number of hydrogen-bond donors (Lipinski definition) is 1. The van der Waals surface area contributed by atoms with E-state index in [0.717, 1.165) is 23.1 Å². The molecule has 0 aromatic heterocycles. The van der Waals surface area contributed by atoms with Crippen molar-refractivity contribution in [2.75, 3.05) is 5.88 Å². The van der Waals surface area contributed by atoms with Crippen molar-refractivity contribution in [1.82, 2.24) is 0 Å². The van der Waals surface area contributed by atoms with E-state index < -0.39 is 11.9 Å². The summed E-state index contributed by atoms with van der Waals surface area (Å²) in [5.74, 6) is 0.549. The van der Waals surface area contributed by atoms with Gasteiger partial charge in [0.05, 0.1) is 5.60 Å². The van der Waals surface area contributed by atoms with Gasteiger partial charge in [-0.25, -0.2) is 0 Å². The molecule has 0 aliphatic heterocycles. The second-order valence-corrected chi connectivity index (χ2v) is 9.00. The Hall–Kier alpha value is -2.65. The highest BCUT2D eigenvalue weighted by atomic mass is 35.5. The molecule has 166 valence electrons. The van der Waals surface area contributed by atoms with E-state index >= 15 is 0 Å². The van der Waals surface area contributed by atoms with Gasteiger partial charge in [0.2, 0.25) is 0 Å². The number of hydrogen-bond acceptors (Lipinski definition) is 2. The minimum absolute atomic E-state index is 0.404. The van der Waals surface area contributed by atoms with Crippen LogP contribution in [-0.2, 0) is 4.74 Å². The summed E-state index contributed by atoms with van der Waals surface area (Å²) in [6.07, 6.45) is 3.37. The van der Waals surface area contributed by atoms with Gasteiger partial charge in [0.1, 0.15) is 0 Å². The van der Waals surface area contributed by atoms with Crippen LogP contribution >= 0.6 is 11.6 Å². The molecule has 0 fully saturated rings. The van der Waals surface area contributed by atoms with E-state index in [-0.39, 0.29) is 0 Å². The smallest absolute Gasteiger partial charge is 0.175 e. The van der Waals surface area contributed by atoms with E-state index in [1.54, 1.807) is 6.08 Å². The topological polar surface area (TPSA) is 29.5 Å². The van der Waals surface area contributed by atoms with Gasteiger partial charge in [0.25, 0.3) is 0 Å². The van der Waals surface area contributed by atoms with E-state index in [1.807, 2.05) is 39.0 Å².